The van der Waals surface area contributed by atoms with Crippen molar-refractivity contribution in [3.63, 3.8) is 0 Å². The Morgan fingerprint density at radius 2 is 1.88 bits per heavy atom. The molecule has 2 atom stereocenters. The Labute approximate surface area is 104 Å². The lowest BCUT2D eigenvalue weighted by Crippen LogP contribution is -2.36. The Hall–Kier alpha value is -1.00. The third kappa shape index (κ3) is 3.75. The van der Waals surface area contributed by atoms with Gasteiger partial charge in [-0.3, -0.25) is 0 Å². The molecule has 0 spiro atoms. The molecule has 96 valence electrons. The van der Waals surface area contributed by atoms with Crippen LogP contribution in [-0.4, -0.2) is 46.7 Å². The van der Waals surface area contributed by atoms with Crippen LogP contribution in [0.5, 0.6) is 0 Å². The Kier molecular flexibility index (Phi) is 5.51. The van der Waals surface area contributed by atoms with Gasteiger partial charge in [0.15, 0.2) is 0 Å². The van der Waals surface area contributed by atoms with Crippen LogP contribution in [0.25, 0.3) is 0 Å². The SMILES string of the molecule is CO.Cc1ncc([C@H]2CCN(C)[C@@H](C)C2)cn1. The van der Waals surface area contributed by atoms with E-state index in [1.54, 1.807) is 0 Å². The quantitative estimate of drug-likeness (QED) is 0.806. The molecule has 0 amide bonds. The standard InChI is InChI=1S/C12H19N3.CH4O/c1-9-6-11(4-5-15(9)3)12-7-13-10(2)14-8-12;1-2/h7-9,11H,4-6H2,1-3H3;2H,1H3/t9-,11-;/m0./s1. The summed E-state index contributed by atoms with van der Waals surface area (Å²) in [6, 6.07) is 0.671. The zero-order valence-corrected chi connectivity index (χ0v) is 11.2. The molecule has 1 N–H and O–H groups in total. The number of likely N-dealkylation sites (tertiary alicyclic amines) is 1. The van der Waals surface area contributed by atoms with Crippen LogP contribution in [0.1, 0.15) is 37.1 Å². The number of piperidine rings is 1. The highest BCUT2D eigenvalue weighted by Gasteiger charge is 2.24. The van der Waals surface area contributed by atoms with Crippen molar-refractivity contribution < 1.29 is 5.11 Å². The first kappa shape index (κ1) is 14.1. The molecule has 1 aliphatic heterocycles. The van der Waals surface area contributed by atoms with Gasteiger partial charge in [-0.05, 0) is 51.8 Å². The summed E-state index contributed by atoms with van der Waals surface area (Å²) < 4.78 is 0. The molecule has 1 aromatic rings. The van der Waals surface area contributed by atoms with Gasteiger partial charge in [-0.25, -0.2) is 9.97 Å². The molecule has 0 radical (unpaired) electrons. The second kappa shape index (κ2) is 6.67. The predicted octanol–water partition coefficient (Wildman–Crippen LogP) is 1.59. The summed E-state index contributed by atoms with van der Waals surface area (Å²) in [5, 5.41) is 7.00. The van der Waals surface area contributed by atoms with Gasteiger partial charge in [-0.15, -0.1) is 0 Å². The maximum absolute atomic E-state index is 7.00. The number of aliphatic hydroxyl groups is 1. The van der Waals surface area contributed by atoms with E-state index in [0.29, 0.717) is 12.0 Å². The minimum atomic E-state index is 0.650. The van der Waals surface area contributed by atoms with E-state index >= 15 is 0 Å². The first-order valence-electron chi connectivity index (χ1n) is 6.10. The lowest BCUT2D eigenvalue weighted by molar-refractivity contribution is 0.182. The van der Waals surface area contributed by atoms with Crippen LogP contribution in [0.15, 0.2) is 12.4 Å². The van der Waals surface area contributed by atoms with Crippen molar-refractivity contribution in [2.75, 3.05) is 20.7 Å². The topological polar surface area (TPSA) is 49.3 Å². The van der Waals surface area contributed by atoms with Crippen LogP contribution in [0.4, 0.5) is 0 Å². The lowest BCUT2D eigenvalue weighted by atomic mass is 9.87. The number of aromatic nitrogens is 2. The normalized spacial score (nSPS) is 25.0. The van der Waals surface area contributed by atoms with Crippen LogP contribution in [0.3, 0.4) is 0 Å². The third-order valence-electron chi connectivity index (χ3n) is 3.48. The van der Waals surface area contributed by atoms with Crippen molar-refractivity contribution in [1.82, 2.24) is 14.9 Å². The van der Waals surface area contributed by atoms with Crippen molar-refractivity contribution in [2.24, 2.45) is 0 Å². The molecule has 1 aliphatic rings. The second-order valence-corrected chi connectivity index (χ2v) is 4.61. The van der Waals surface area contributed by atoms with Crippen molar-refractivity contribution in [2.45, 2.75) is 38.6 Å². The Morgan fingerprint density at radius 1 is 1.29 bits per heavy atom. The van der Waals surface area contributed by atoms with Gasteiger partial charge in [0.25, 0.3) is 0 Å². The van der Waals surface area contributed by atoms with E-state index < -0.39 is 0 Å². The fourth-order valence-corrected chi connectivity index (χ4v) is 2.21. The Bertz CT molecular complexity index is 326. The number of rotatable bonds is 1. The molecule has 4 nitrogen and oxygen atoms in total. The van der Waals surface area contributed by atoms with Crippen LogP contribution in [-0.2, 0) is 0 Å². The summed E-state index contributed by atoms with van der Waals surface area (Å²) in [4.78, 5) is 11.0. The average Bonchev–Trinajstić information content (AvgIpc) is 2.36. The maximum Gasteiger partial charge on any atom is 0.125 e. The van der Waals surface area contributed by atoms with Crippen molar-refractivity contribution in [1.29, 1.82) is 0 Å². The highest BCUT2D eigenvalue weighted by molar-refractivity contribution is 5.13. The average molecular weight is 237 g/mol. The zero-order valence-electron chi connectivity index (χ0n) is 11.2. The highest BCUT2D eigenvalue weighted by atomic mass is 16.2. The lowest BCUT2D eigenvalue weighted by Gasteiger charge is -2.34. The summed E-state index contributed by atoms with van der Waals surface area (Å²) >= 11 is 0. The predicted molar refractivity (Wildman–Crippen MR) is 69.0 cm³/mol. The molecule has 2 rings (SSSR count). The van der Waals surface area contributed by atoms with E-state index in [9.17, 15) is 0 Å². The maximum atomic E-state index is 7.00. The fourth-order valence-electron chi connectivity index (χ4n) is 2.21. The molecule has 4 heteroatoms. The van der Waals surface area contributed by atoms with Gasteiger partial charge in [-0.2, -0.15) is 0 Å². The largest absolute Gasteiger partial charge is 0.400 e. The molecule has 17 heavy (non-hydrogen) atoms. The van der Waals surface area contributed by atoms with Gasteiger partial charge in [0.1, 0.15) is 5.82 Å². The van der Waals surface area contributed by atoms with E-state index in [0.717, 1.165) is 12.9 Å². The molecular formula is C13H23N3O. The van der Waals surface area contributed by atoms with E-state index in [2.05, 4.69) is 28.8 Å². The molecule has 1 aromatic heterocycles. The van der Waals surface area contributed by atoms with E-state index in [1.807, 2.05) is 19.3 Å². The van der Waals surface area contributed by atoms with Crippen LogP contribution in [0.2, 0.25) is 0 Å². The molecule has 0 saturated carbocycles. The molecule has 0 unspecified atom stereocenters. The van der Waals surface area contributed by atoms with E-state index in [4.69, 9.17) is 5.11 Å². The minimum absolute atomic E-state index is 0.650. The third-order valence-corrected chi connectivity index (χ3v) is 3.48. The summed E-state index contributed by atoms with van der Waals surface area (Å²) in [5.41, 5.74) is 1.31. The highest BCUT2D eigenvalue weighted by Crippen LogP contribution is 2.29. The first-order valence-corrected chi connectivity index (χ1v) is 6.10. The summed E-state index contributed by atoms with van der Waals surface area (Å²) in [7, 11) is 3.20. The molecule has 1 fully saturated rings. The van der Waals surface area contributed by atoms with Crippen LogP contribution in [0, 0.1) is 6.92 Å². The first-order chi connectivity index (χ1) is 8.16. The summed E-state index contributed by atoms with van der Waals surface area (Å²) in [6.07, 6.45) is 6.44. The molecule has 1 saturated heterocycles. The van der Waals surface area contributed by atoms with Crippen LogP contribution >= 0.6 is 0 Å². The second-order valence-electron chi connectivity index (χ2n) is 4.61. The monoisotopic (exact) mass is 237 g/mol. The van der Waals surface area contributed by atoms with Crippen molar-refractivity contribution in [3.05, 3.63) is 23.8 Å². The number of hydrogen-bond donors (Lipinski definition) is 1. The molecule has 0 bridgehead atoms. The molecular weight excluding hydrogens is 214 g/mol. The van der Waals surface area contributed by atoms with Gasteiger partial charge in [-0.1, -0.05) is 0 Å². The van der Waals surface area contributed by atoms with Gasteiger partial charge >= 0.3 is 0 Å². The molecule has 2 heterocycles. The van der Waals surface area contributed by atoms with E-state index in [-0.39, 0.29) is 0 Å². The molecule has 0 aromatic carbocycles. The number of aryl methyl sites for hydroxylation is 1. The van der Waals surface area contributed by atoms with Crippen LogP contribution < -0.4 is 0 Å². The Balaban J connectivity index is 0.000000686. The molecule has 0 aliphatic carbocycles. The van der Waals surface area contributed by atoms with Gasteiger partial charge in [0, 0.05) is 25.5 Å². The Morgan fingerprint density at radius 3 is 2.41 bits per heavy atom. The van der Waals surface area contributed by atoms with Crippen molar-refractivity contribution >= 4 is 0 Å². The smallest absolute Gasteiger partial charge is 0.125 e. The van der Waals surface area contributed by atoms with Gasteiger partial charge in [0.2, 0.25) is 0 Å². The number of aliphatic hydroxyl groups excluding tert-OH is 1. The number of hydrogen-bond acceptors (Lipinski definition) is 4. The minimum Gasteiger partial charge on any atom is -0.400 e. The van der Waals surface area contributed by atoms with Crippen molar-refractivity contribution in [3.8, 4) is 0 Å². The zero-order chi connectivity index (χ0) is 12.8. The van der Waals surface area contributed by atoms with Gasteiger partial charge < -0.3 is 10.0 Å². The van der Waals surface area contributed by atoms with E-state index in [1.165, 1.54) is 24.9 Å². The number of nitrogens with zero attached hydrogens (tertiary/aromatic N) is 3. The fraction of sp³-hybridized carbons (Fsp3) is 0.692. The summed E-state index contributed by atoms with van der Waals surface area (Å²) in [5.74, 6) is 1.51. The van der Waals surface area contributed by atoms with Gasteiger partial charge in [0.05, 0.1) is 0 Å². The summed E-state index contributed by atoms with van der Waals surface area (Å²) in [6.45, 7) is 5.40.